The summed E-state index contributed by atoms with van der Waals surface area (Å²) < 4.78 is 0. The molecule has 118 valence electrons. The molecule has 0 aromatic heterocycles. The molecule has 0 bridgehead atoms. The molecule has 0 fully saturated rings. The van der Waals surface area contributed by atoms with E-state index in [0.29, 0.717) is 11.1 Å². The van der Waals surface area contributed by atoms with Crippen LogP contribution in [0.2, 0.25) is 0 Å². The molecule has 0 saturated carbocycles. The van der Waals surface area contributed by atoms with Gasteiger partial charge in [-0.15, -0.1) is 0 Å². The lowest BCUT2D eigenvalue weighted by Gasteiger charge is -2.03. The van der Waals surface area contributed by atoms with Crippen molar-refractivity contribution < 1.29 is 9.59 Å². The maximum atomic E-state index is 11.2. The monoisotopic (exact) mass is 298 g/mol. The standard InChI is InChI=1S/C16H14O2.2C2H6/c1-11(17)13-3-7-15(8-4-13)16-9-5-14(6-10-16)12(2)18;2*1-2/h3-10H,1-2H3;2*1-2H3. The maximum absolute atomic E-state index is 11.2. The van der Waals surface area contributed by atoms with E-state index in [4.69, 9.17) is 0 Å². The Morgan fingerprint density at radius 3 is 0.955 bits per heavy atom. The first-order chi connectivity index (χ1) is 10.6. The van der Waals surface area contributed by atoms with Crippen molar-refractivity contribution in [2.24, 2.45) is 0 Å². The molecule has 0 aliphatic carbocycles. The van der Waals surface area contributed by atoms with Crippen molar-refractivity contribution in [3.63, 3.8) is 0 Å². The summed E-state index contributed by atoms with van der Waals surface area (Å²) in [5.41, 5.74) is 3.49. The highest BCUT2D eigenvalue weighted by atomic mass is 16.1. The van der Waals surface area contributed by atoms with E-state index in [9.17, 15) is 9.59 Å². The predicted octanol–water partition coefficient (Wildman–Crippen LogP) is 5.81. The van der Waals surface area contributed by atoms with Gasteiger partial charge in [0, 0.05) is 11.1 Å². The smallest absolute Gasteiger partial charge is 0.159 e. The number of carbonyl (C=O) groups excluding carboxylic acids is 2. The number of hydrogen-bond donors (Lipinski definition) is 0. The number of Topliss-reactive ketones (excluding diaryl/α,β-unsaturated/α-hetero) is 2. The van der Waals surface area contributed by atoms with Crippen LogP contribution in [-0.2, 0) is 0 Å². The fraction of sp³-hybridized carbons (Fsp3) is 0.300. The van der Waals surface area contributed by atoms with Gasteiger partial charge in [0.2, 0.25) is 0 Å². The molecule has 0 amide bonds. The van der Waals surface area contributed by atoms with E-state index >= 15 is 0 Å². The highest BCUT2D eigenvalue weighted by molar-refractivity contribution is 5.95. The Labute approximate surface area is 134 Å². The average molecular weight is 298 g/mol. The minimum absolute atomic E-state index is 0.0634. The van der Waals surface area contributed by atoms with Crippen LogP contribution in [0.1, 0.15) is 62.3 Å². The second kappa shape index (κ2) is 10.5. The van der Waals surface area contributed by atoms with Gasteiger partial charge in [-0.25, -0.2) is 0 Å². The summed E-state index contributed by atoms with van der Waals surface area (Å²) >= 11 is 0. The lowest BCUT2D eigenvalue weighted by atomic mass is 10.0. The van der Waals surface area contributed by atoms with E-state index in [-0.39, 0.29) is 11.6 Å². The van der Waals surface area contributed by atoms with Gasteiger partial charge < -0.3 is 0 Å². The van der Waals surface area contributed by atoms with Gasteiger partial charge in [0.1, 0.15) is 0 Å². The van der Waals surface area contributed by atoms with Gasteiger partial charge in [0.25, 0.3) is 0 Å². The Morgan fingerprint density at radius 2 is 0.773 bits per heavy atom. The van der Waals surface area contributed by atoms with E-state index in [1.54, 1.807) is 13.8 Å². The van der Waals surface area contributed by atoms with E-state index in [1.807, 2.05) is 76.2 Å². The van der Waals surface area contributed by atoms with Crippen LogP contribution in [0.5, 0.6) is 0 Å². The zero-order valence-electron chi connectivity index (χ0n) is 14.4. The highest BCUT2D eigenvalue weighted by Gasteiger charge is 2.02. The van der Waals surface area contributed by atoms with E-state index < -0.39 is 0 Å². The van der Waals surface area contributed by atoms with Crippen molar-refractivity contribution in [1.29, 1.82) is 0 Å². The van der Waals surface area contributed by atoms with Gasteiger partial charge in [-0.1, -0.05) is 76.2 Å². The molecule has 2 heteroatoms. The van der Waals surface area contributed by atoms with Crippen LogP contribution < -0.4 is 0 Å². The largest absolute Gasteiger partial charge is 0.295 e. The number of carbonyl (C=O) groups is 2. The normalized spacial score (nSPS) is 8.82. The molecule has 2 nitrogen and oxygen atoms in total. The van der Waals surface area contributed by atoms with Crippen LogP contribution in [-0.4, -0.2) is 11.6 Å². The Kier molecular flexibility index (Phi) is 9.44. The van der Waals surface area contributed by atoms with Crippen LogP contribution in [0.15, 0.2) is 48.5 Å². The Bertz CT molecular complexity index is 523. The van der Waals surface area contributed by atoms with Crippen LogP contribution in [0.3, 0.4) is 0 Å². The second-order valence-electron chi connectivity index (χ2n) is 4.27. The zero-order valence-corrected chi connectivity index (χ0v) is 14.4. The van der Waals surface area contributed by atoms with Gasteiger partial charge in [-0.2, -0.15) is 0 Å². The van der Waals surface area contributed by atoms with Crippen molar-refractivity contribution in [1.82, 2.24) is 0 Å². The number of ketones is 2. The molecular weight excluding hydrogens is 272 g/mol. The highest BCUT2D eigenvalue weighted by Crippen LogP contribution is 2.20. The number of hydrogen-bond acceptors (Lipinski definition) is 2. The summed E-state index contributed by atoms with van der Waals surface area (Å²) in [6.45, 7) is 11.1. The Balaban J connectivity index is 0.00000102. The number of rotatable bonds is 3. The third-order valence-corrected chi connectivity index (χ3v) is 2.92. The summed E-state index contributed by atoms with van der Waals surface area (Å²) in [6.07, 6.45) is 0. The van der Waals surface area contributed by atoms with Crippen LogP contribution in [0, 0.1) is 0 Å². The molecule has 0 heterocycles. The fourth-order valence-corrected chi connectivity index (χ4v) is 1.79. The number of benzene rings is 2. The molecule has 0 spiro atoms. The summed E-state index contributed by atoms with van der Waals surface area (Å²) in [5.74, 6) is 0.127. The Morgan fingerprint density at radius 1 is 0.545 bits per heavy atom. The lowest BCUT2D eigenvalue weighted by Crippen LogP contribution is -1.92. The third-order valence-electron chi connectivity index (χ3n) is 2.92. The van der Waals surface area contributed by atoms with Crippen molar-refractivity contribution in [2.75, 3.05) is 0 Å². The molecule has 0 unspecified atom stereocenters. The van der Waals surface area contributed by atoms with Crippen LogP contribution in [0.25, 0.3) is 11.1 Å². The summed E-state index contributed by atoms with van der Waals surface area (Å²) in [5, 5.41) is 0. The lowest BCUT2D eigenvalue weighted by molar-refractivity contribution is 0.100. The van der Waals surface area contributed by atoms with Gasteiger partial charge in [0.05, 0.1) is 0 Å². The van der Waals surface area contributed by atoms with Crippen molar-refractivity contribution in [3.05, 3.63) is 59.7 Å². The summed E-state index contributed by atoms with van der Waals surface area (Å²) in [4.78, 5) is 22.4. The SMILES string of the molecule is CC.CC.CC(=O)c1ccc(-c2ccc(C(C)=O)cc2)cc1. The second-order valence-corrected chi connectivity index (χ2v) is 4.27. The molecule has 0 atom stereocenters. The summed E-state index contributed by atoms with van der Waals surface area (Å²) in [6, 6.07) is 14.9. The molecule has 0 radical (unpaired) electrons. The van der Waals surface area contributed by atoms with Crippen molar-refractivity contribution >= 4 is 11.6 Å². The first-order valence-corrected chi connectivity index (χ1v) is 7.80. The van der Waals surface area contributed by atoms with Crippen LogP contribution >= 0.6 is 0 Å². The molecule has 0 N–H and O–H groups in total. The van der Waals surface area contributed by atoms with Crippen LogP contribution in [0.4, 0.5) is 0 Å². The molecule has 2 aromatic carbocycles. The molecule has 2 rings (SSSR count). The van der Waals surface area contributed by atoms with Crippen molar-refractivity contribution in [3.8, 4) is 11.1 Å². The summed E-state index contributed by atoms with van der Waals surface area (Å²) in [7, 11) is 0. The Hall–Kier alpha value is -2.22. The van der Waals surface area contributed by atoms with Crippen molar-refractivity contribution in [2.45, 2.75) is 41.5 Å². The molecule has 22 heavy (non-hydrogen) atoms. The van der Waals surface area contributed by atoms with Gasteiger partial charge in [-0.3, -0.25) is 9.59 Å². The molecule has 2 aromatic rings. The molecule has 0 saturated heterocycles. The third kappa shape index (κ3) is 5.65. The minimum Gasteiger partial charge on any atom is -0.295 e. The van der Waals surface area contributed by atoms with Gasteiger partial charge in [-0.05, 0) is 25.0 Å². The predicted molar refractivity (Wildman–Crippen MR) is 94.6 cm³/mol. The molecular formula is C20H26O2. The topological polar surface area (TPSA) is 34.1 Å². The van der Waals surface area contributed by atoms with E-state index in [1.165, 1.54) is 0 Å². The maximum Gasteiger partial charge on any atom is 0.159 e. The average Bonchev–Trinajstić information content (AvgIpc) is 2.58. The minimum atomic E-state index is 0.0634. The zero-order chi connectivity index (χ0) is 17.1. The first kappa shape index (κ1) is 19.8. The first-order valence-electron chi connectivity index (χ1n) is 7.80. The molecule has 0 aliphatic rings. The van der Waals surface area contributed by atoms with Gasteiger partial charge >= 0.3 is 0 Å². The molecule has 0 aliphatic heterocycles. The van der Waals surface area contributed by atoms with E-state index in [2.05, 4.69) is 0 Å². The fourth-order valence-electron chi connectivity index (χ4n) is 1.79. The quantitative estimate of drug-likeness (QED) is 0.670. The van der Waals surface area contributed by atoms with Gasteiger partial charge in [0.15, 0.2) is 11.6 Å². The van der Waals surface area contributed by atoms with E-state index in [0.717, 1.165) is 11.1 Å².